The van der Waals surface area contributed by atoms with Crippen molar-refractivity contribution in [3.05, 3.63) is 0 Å². The Hall–Kier alpha value is -1.14. The lowest BCUT2D eigenvalue weighted by molar-refractivity contribution is -0.137. The molecule has 6 heteroatoms. The van der Waals surface area contributed by atoms with Gasteiger partial charge in [-0.2, -0.15) is 0 Å². The summed E-state index contributed by atoms with van der Waals surface area (Å²) in [7, 11) is 0. The van der Waals surface area contributed by atoms with Crippen molar-refractivity contribution in [1.82, 2.24) is 15.5 Å². The van der Waals surface area contributed by atoms with Gasteiger partial charge in [0, 0.05) is 38.1 Å². The minimum atomic E-state index is -0.825. The van der Waals surface area contributed by atoms with E-state index in [0.29, 0.717) is 31.6 Å². The van der Waals surface area contributed by atoms with Crippen molar-refractivity contribution in [3.8, 4) is 0 Å². The molecule has 1 aliphatic rings. The number of nitrogens with one attached hydrogen (secondary N) is 2. The molecule has 2 unspecified atom stereocenters. The third kappa shape index (κ3) is 5.46. The lowest BCUT2D eigenvalue weighted by Gasteiger charge is -2.36. The fourth-order valence-corrected chi connectivity index (χ4v) is 2.03. The van der Waals surface area contributed by atoms with Crippen LogP contribution in [0.3, 0.4) is 0 Å². The number of piperazine rings is 1. The lowest BCUT2D eigenvalue weighted by Crippen LogP contribution is -2.56. The number of carbonyl (C=O) groups is 2. The van der Waals surface area contributed by atoms with Crippen LogP contribution in [0.4, 0.5) is 0 Å². The van der Waals surface area contributed by atoms with Gasteiger partial charge in [-0.3, -0.25) is 14.5 Å². The quantitative estimate of drug-likeness (QED) is 0.567. The van der Waals surface area contributed by atoms with E-state index in [4.69, 9.17) is 5.11 Å². The monoisotopic (exact) mass is 257 g/mol. The molecule has 0 bridgehead atoms. The highest BCUT2D eigenvalue weighted by Gasteiger charge is 2.23. The summed E-state index contributed by atoms with van der Waals surface area (Å²) in [6.45, 7) is 6.78. The SMILES string of the molecule is CC1CN(CC(=O)NCCCC(=O)O)C(C)CN1. The number of nitrogens with zero attached hydrogens (tertiary/aromatic N) is 1. The number of hydrogen-bond donors (Lipinski definition) is 3. The highest BCUT2D eigenvalue weighted by molar-refractivity contribution is 5.78. The van der Waals surface area contributed by atoms with E-state index in [0.717, 1.165) is 13.1 Å². The molecule has 0 aromatic heterocycles. The van der Waals surface area contributed by atoms with Crippen LogP contribution in [-0.2, 0) is 9.59 Å². The molecular formula is C12H23N3O3. The van der Waals surface area contributed by atoms with Gasteiger partial charge in [0.05, 0.1) is 6.54 Å². The van der Waals surface area contributed by atoms with Crippen LogP contribution in [0.2, 0.25) is 0 Å². The van der Waals surface area contributed by atoms with Crippen LogP contribution in [0.15, 0.2) is 0 Å². The van der Waals surface area contributed by atoms with Crippen LogP contribution >= 0.6 is 0 Å². The van der Waals surface area contributed by atoms with Gasteiger partial charge in [-0.15, -0.1) is 0 Å². The first-order valence-electron chi connectivity index (χ1n) is 6.45. The van der Waals surface area contributed by atoms with Gasteiger partial charge in [0.15, 0.2) is 0 Å². The van der Waals surface area contributed by atoms with Crippen molar-refractivity contribution in [1.29, 1.82) is 0 Å². The number of carboxylic acid groups (broad SMARTS) is 1. The Morgan fingerprint density at radius 1 is 1.44 bits per heavy atom. The van der Waals surface area contributed by atoms with Crippen LogP contribution < -0.4 is 10.6 Å². The molecule has 1 heterocycles. The minimum absolute atomic E-state index is 0.0265. The molecule has 1 aliphatic heterocycles. The molecule has 0 spiro atoms. The van der Waals surface area contributed by atoms with Crippen molar-refractivity contribution in [2.45, 2.75) is 38.8 Å². The third-order valence-electron chi connectivity index (χ3n) is 3.13. The van der Waals surface area contributed by atoms with Crippen LogP contribution in [0, 0.1) is 0 Å². The molecule has 0 aromatic rings. The Morgan fingerprint density at radius 2 is 2.17 bits per heavy atom. The number of hydrogen-bond acceptors (Lipinski definition) is 4. The Labute approximate surface area is 108 Å². The molecule has 0 aromatic carbocycles. The van der Waals surface area contributed by atoms with E-state index in [1.54, 1.807) is 0 Å². The van der Waals surface area contributed by atoms with E-state index < -0.39 is 5.97 Å². The first-order chi connectivity index (χ1) is 8.49. The Kier molecular flexibility index (Phi) is 6.07. The second-order valence-electron chi connectivity index (χ2n) is 4.94. The number of aliphatic carboxylic acids is 1. The van der Waals surface area contributed by atoms with Gasteiger partial charge >= 0.3 is 5.97 Å². The summed E-state index contributed by atoms with van der Waals surface area (Å²) in [6, 6.07) is 0.756. The van der Waals surface area contributed by atoms with Crippen molar-refractivity contribution in [3.63, 3.8) is 0 Å². The summed E-state index contributed by atoms with van der Waals surface area (Å²) >= 11 is 0. The molecule has 1 rings (SSSR count). The Balaban J connectivity index is 2.20. The fourth-order valence-electron chi connectivity index (χ4n) is 2.03. The summed E-state index contributed by atoms with van der Waals surface area (Å²) in [5, 5.41) is 14.6. The second kappa shape index (κ2) is 7.33. The smallest absolute Gasteiger partial charge is 0.303 e. The zero-order valence-electron chi connectivity index (χ0n) is 11.1. The molecule has 6 nitrogen and oxygen atoms in total. The highest BCUT2D eigenvalue weighted by atomic mass is 16.4. The first kappa shape index (κ1) is 14.9. The molecule has 0 aliphatic carbocycles. The van der Waals surface area contributed by atoms with E-state index in [2.05, 4.69) is 29.4 Å². The van der Waals surface area contributed by atoms with Gasteiger partial charge in [0.2, 0.25) is 5.91 Å². The zero-order valence-corrected chi connectivity index (χ0v) is 11.1. The van der Waals surface area contributed by atoms with Crippen molar-refractivity contribution in [2.24, 2.45) is 0 Å². The van der Waals surface area contributed by atoms with E-state index in [-0.39, 0.29) is 12.3 Å². The summed E-state index contributed by atoms with van der Waals surface area (Å²) in [4.78, 5) is 24.1. The summed E-state index contributed by atoms with van der Waals surface area (Å²) in [5.74, 6) is -0.852. The first-order valence-corrected chi connectivity index (χ1v) is 6.45. The highest BCUT2D eigenvalue weighted by Crippen LogP contribution is 2.05. The molecule has 0 saturated carbocycles. The molecule has 3 N–H and O–H groups in total. The van der Waals surface area contributed by atoms with Crippen molar-refractivity contribution < 1.29 is 14.7 Å². The molecule has 18 heavy (non-hydrogen) atoms. The van der Waals surface area contributed by atoms with Gasteiger partial charge in [0.25, 0.3) is 0 Å². The maximum absolute atomic E-state index is 11.7. The van der Waals surface area contributed by atoms with E-state index in [9.17, 15) is 9.59 Å². The maximum Gasteiger partial charge on any atom is 0.303 e. The average molecular weight is 257 g/mol. The average Bonchev–Trinajstić information content (AvgIpc) is 2.29. The lowest BCUT2D eigenvalue weighted by atomic mass is 10.1. The van der Waals surface area contributed by atoms with E-state index >= 15 is 0 Å². The molecular weight excluding hydrogens is 234 g/mol. The number of rotatable bonds is 6. The summed E-state index contributed by atoms with van der Waals surface area (Å²) in [5.41, 5.74) is 0. The molecule has 0 radical (unpaired) electrons. The van der Waals surface area contributed by atoms with Gasteiger partial charge in [-0.05, 0) is 20.3 Å². The number of carbonyl (C=O) groups excluding carboxylic acids is 1. The van der Waals surface area contributed by atoms with Crippen molar-refractivity contribution in [2.75, 3.05) is 26.2 Å². The zero-order chi connectivity index (χ0) is 13.5. The maximum atomic E-state index is 11.7. The van der Waals surface area contributed by atoms with E-state index in [1.165, 1.54) is 0 Å². The topological polar surface area (TPSA) is 81.7 Å². The Morgan fingerprint density at radius 3 is 2.83 bits per heavy atom. The van der Waals surface area contributed by atoms with Crippen LogP contribution in [0.5, 0.6) is 0 Å². The number of amides is 1. The fraction of sp³-hybridized carbons (Fsp3) is 0.833. The van der Waals surface area contributed by atoms with Gasteiger partial charge < -0.3 is 15.7 Å². The normalized spacial score (nSPS) is 24.8. The van der Waals surface area contributed by atoms with Gasteiger partial charge in [-0.1, -0.05) is 0 Å². The van der Waals surface area contributed by atoms with Gasteiger partial charge in [0.1, 0.15) is 0 Å². The van der Waals surface area contributed by atoms with Crippen LogP contribution in [0.1, 0.15) is 26.7 Å². The van der Waals surface area contributed by atoms with Crippen molar-refractivity contribution >= 4 is 11.9 Å². The minimum Gasteiger partial charge on any atom is -0.481 e. The summed E-state index contributed by atoms with van der Waals surface area (Å²) in [6.07, 6.45) is 0.579. The molecule has 1 saturated heterocycles. The summed E-state index contributed by atoms with van der Waals surface area (Å²) < 4.78 is 0. The number of carboxylic acids is 1. The van der Waals surface area contributed by atoms with Crippen LogP contribution in [0.25, 0.3) is 0 Å². The second-order valence-corrected chi connectivity index (χ2v) is 4.94. The predicted molar refractivity (Wildman–Crippen MR) is 68.4 cm³/mol. The standard InChI is InChI=1S/C12H23N3O3/c1-9-7-15(10(2)6-14-9)8-11(16)13-5-3-4-12(17)18/h9-10,14H,3-8H2,1-2H3,(H,13,16)(H,17,18). The van der Waals surface area contributed by atoms with Gasteiger partial charge in [-0.25, -0.2) is 0 Å². The molecule has 2 atom stereocenters. The molecule has 1 fully saturated rings. The third-order valence-corrected chi connectivity index (χ3v) is 3.13. The largest absolute Gasteiger partial charge is 0.481 e. The van der Waals surface area contributed by atoms with E-state index in [1.807, 2.05) is 0 Å². The molecule has 1 amide bonds. The predicted octanol–water partition coefficient (Wildman–Crippen LogP) is -0.350. The molecule has 104 valence electrons. The van der Waals surface area contributed by atoms with Crippen LogP contribution in [-0.4, -0.2) is 60.1 Å². The Bertz CT molecular complexity index is 296.